The van der Waals surface area contributed by atoms with Crippen molar-refractivity contribution >= 4 is 44.6 Å². The number of nitrogen functional groups attached to an aromatic ring is 1. The van der Waals surface area contributed by atoms with Gasteiger partial charge in [0.1, 0.15) is 0 Å². The number of anilines is 2. The van der Waals surface area contributed by atoms with Crippen molar-refractivity contribution in [2.24, 2.45) is 0 Å². The summed E-state index contributed by atoms with van der Waals surface area (Å²) >= 11 is 12.0. The molecule has 134 valence electrons. The van der Waals surface area contributed by atoms with E-state index < -0.39 is 10.0 Å². The highest BCUT2D eigenvalue weighted by molar-refractivity contribution is 7.89. The quantitative estimate of drug-likeness (QED) is 0.765. The second-order valence-electron chi connectivity index (χ2n) is 6.01. The third-order valence-electron chi connectivity index (χ3n) is 4.22. The van der Waals surface area contributed by atoms with Gasteiger partial charge in [-0.05, 0) is 37.1 Å². The van der Waals surface area contributed by atoms with E-state index in [9.17, 15) is 8.42 Å². The molecule has 0 aliphatic carbocycles. The van der Waals surface area contributed by atoms with E-state index in [1.807, 2.05) is 30.3 Å². The van der Waals surface area contributed by atoms with Gasteiger partial charge >= 0.3 is 0 Å². The molecule has 1 aliphatic heterocycles. The van der Waals surface area contributed by atoms with Crippen LogP contribution >= 0.6 is 23.2 Å². The van der Waals surface area contributed by atoms with Crippen LogP contribution in [0.5, 0.6) is 0 Å². The van der Waals surface area contributed by atoms with Crippen LogP contribution < -0.4 is 11.1 Å². The van der Waals surface area contributed by atoms with Gasteiger partial charge in [0.15, 0.2) is 0 Å². The van der Waals surface area contributed by atoms with Crippen LogP contribution in [0.15, 0.2) is 47.4 Å². The fourth-order valence-corrected chi connectivity index (χ4v) is 5.10. The Morgan fingerprint density at radius 1 is 1.12 bits per heavy atom. The van der Waals surface area contributed by atoms with Crippen molar-refractivity contribution in [1.82, 2.24) is 4.31 Å². The summed E-state index contributed by atoms with van der Waals surface area (Å²) in [5.74, 6) is 0. The molecule has 1 aliphatic rings. The fraction of sp³-hybridized carbons (Fsp3) is 0.294. The Kier molecular flexibility index (Phi) is 5.43. The molecule has 1 saturated heterocycles. The monoisotopic (exact) mass is 399 g/mol. The molecule has 2 aromatic carbocycles. The van der Waals surface area contributed by atoms with E-state index >= 15 is 0 Å². The highest BCUT2D eigenvalue weighted by Crippen LogP contribution is 2.32. The van der Waals surface area contributed by atoms with Gasteiger partial charge in [-0.15, -0.1) is 0 Å². The Morgan fingerprint density at radius 2 is 1.76 bits per heavy atom. The third-order valence-corrected chi connectivity index (χ3v) is 6.69. The number of nitrogens with zero attached hydrogens (tertiary/aromatic N) is 1. The van der Waals surface area contributed by atoms with Gasteiger partial charge in [-0.1, -0.05) is 41.4 Å². The smallest absolute Gasteiger partial charge is 0.243 e. The van der Waals surface area contributed by atoms with Gasteiger partial charge in [0.25, 0.3) is 0 Å². The van der Waals surface area contributed by atoms with E-state index in [1.165, 1.54) is 16.4 Å². The van der Waals surface area contributed by atoms with Crippen LogP contribution in [-0.4, -0.2) is 31.9 Å². The molecular weight excluding hydrogens is 381 g/mol. The molecule has 0 spiro atoms. The van der Waals surface area contributed by atoms with Crippen molar-refractivity contribution in [3.05, 3.63) is 52.5 Å². The first-order chi connectivity index (χ1) is 11.9. The maximum absolute atomic E-state index is 12.9. The maximum atomic E-state index is 12.9. The minimum Gasteiger partial charge on any atom is -0.396 e. The van der Waals surface area contributed by atoms with Gasteiger partial charge in [-0.2, -0.15) is 4.31 Å². The molecule has 2 aromatic rings. The average Bonchev–Trinajstić information content (AvgIpc) is 2.60. The summed E-state index contributed by atoms with van der Waals surface area (Å²) in [6.07, 6.45) is 1.68. The summed E-state index contributed by atoms with van der Waals surface area (Å²) in [6.45, 7) is 0.853. The normalized spacial score (nSPS) is 18.9. The van der Waals surface area contributed by atoms with Gasteiger partial charge in [-0.25, -0.2) is 8.42 Å². The van der Waals surface area contributed by atoms with E-state index in [4.69, 9.17) is 28.9 Å². The lowest BCUT2D eigenvalue weighted by Gasteiger charge is -2.33. The lowest BCUT2D eigenvalue weighted by atomic mass is 10.1. The van der Waals surface area contributed by atoms with Gasteiger partial charge in [0.2, 0.25) is 10.0 Å². The van der Waals surface area contributed by atoms with Crippen molar-refractivity contribution in [2.45, 2.75) is 23.8 Å². The first-order valence-corrected chi connectivity index (χ1v) is 10.1. The van der Waals surface area contributed by atoms with Crippen molar-refractivity contribution in [3.8, 4) is 0 Å². The van der Waals surface area contributed by atoms with Crippen LogP contribution in [0, 0.1) is 0 Å². The molecule has 0 radical (unpaired) electrons. The molecule has 0 amide bonds. The van der Waals surface area contributed by atoms with E-state index in [0.717, 1.165) is 18.5 Å². The number of halogens is 2. The molecule has 0 saturated carbocycles. The SMILES string of the molecule is Nc1c(Cl)cc(S(=O)(=O)N2CCC[C@@H](Nc3ccccc3)C2)cc1Cl. The molecule has 3 rings (SSSR count). The first kappa shape index (κ1) is 18.3. The summed E-state index contributed by atoms with van der Waals surface area (Å²) in [4.78, 5) is 0.0667. The van der Waals surface area contributed by atoms with Crippen LogP contribution in [0.1, 0.15) is 12.8 Å². The van der Waals surface area contributed by atoms with Crippen LogP contribution in [-0.2, 0) is 10.0 Å². The standard InChI is InChI=1S/C17H19Cl2N3O2S/c18-15-9-14(10-16(19)17(15)20)25(23,24)22-8-4-7-13(11-22)21-12-5-2-1-3-6-12/h1-3,5-6,9-10,13,21H,4,7-8,11,20H2/t13-/m1/s1. The summed E-state index contributed by atoms with van der Waals surface area (Å²) in [7, 11) is -3.68. The minimum atomic E-state index is -3.68. The number of piperidine rings is 1. The summed E-state index contributed by atoms with van der Waals surface area (Å²) in [6, 6.07) is 12.5. The van der Waals surface area contributed by atoms with E-state index in [-0.39, 0.29) is 26.7 Å². The summed E-state index contributed by atoms with van der Waals surface area (Å²) < 4.78 is 27.3. The molecule has 1 fully saturated rings. The van der Waals surface area contributed by atoms with Crippen molar-refractivity contribution in [1.29, 1.82) is 0 Å². The number of hydrogen-bond donors (Lipinski definition) is 2. The number of benzene rings is 2. The Labute approximate surface area is 157 Å². The summed E-state index contributed by atoms with van der Waals surface area (Å²) in [5.41, 5.74) is 6.86. The van der Waals surface area contributed by atoms with Crippen molar-refractivity contribution in [2.75, 3.05) is 24.1 Å². The van der Waals surface area contributed by atoms with E-state index in [2.05, 4.69) is 5.32 Å². The van der Waals surface area contributed by atoms with Crippen LogP contribution in [0.3, 0.4) is 0 Å². The number of sulfonamides is 1. The highest BCUT2D eigenvalue weighted by atomic mass is 35.5. The van der Waals surface area contributed by atoms with Crippen molar-refractivity contribution in [3.63, 3.8) is 0 Å². The second kappa shape index (κ2) is 7.41. The zero-order chi connectivity index (χ0) is 18.0. The molecule has 0 unspecified atom stereocenters. The second-order valence-corrected chi connectivity index (χ2v) is 8.77. The van der Waals surface area contributed by atoms with Crippen LogP contribution in [0.2, 0.25) is 10.0 Å². The van der Waals surface area contributed by atoms with Gasteiger partial charge < -0.3 is 11.1 Å². The molecule has 0 aromatic heterocycles. The molecule has 1 heterocycles. The number of rotatable bonds is 4. The van der Waals surface area contributed by atoms with E-state index in [0.29, 0.717) is 13.1 Å². The van der Waals surface area contributed by atoms with Crippen LogP contribution in [0.4, 0.5) is 11.4 Å². The molecule has 8 heteroatoms. The molecule has 3 N–H and O–H groups in total. The zero-order valence-corrected chi connectivity index (χ0v) is 15.8. The minimum absolute atomic E-state index is 0.0469. The highest BCUT2D eigenvalue weighted by Gasteiger charge is 2.31. The predicted octanol–water partition coefficient (Wildman–Crippen LogP) is 3.84. The summed E-state index contributed by atoms with van der Waals surface area (Å²) in [5, 5.41) is 3.67. The molecular formula is C17H19Cl2N3O2S. The Hall–Kier alpha value is -1.47. The maximum Gasteiger partial charge on any atom is 0.243 e. The van der Waals surface area contributed by atoms with Gasteiger partial charge in [0, 0.05) is 24.8 Å². The lowest BCUT2D eigenvalue weighted by Crippen LogP contribution is -2.45. The number of nitrogens with one attached hydrogen (secondary N) is 1. The number of nitrogens with two attached hydrogens (primary N) is 1. The number of hydrogen-bond acceptors (Lipinski definition) is 4. The van der Waals surface area contributed by atoms with Crippen LogP contribution in [0.25, 0.3) is 0 Å². The lowest BCUT2D eigenvalue weighted by molar-refractivity contribution is 0.327. The Balaban J connectivity index is 1.80. The largest absolute Gasteiger partial charge is 0.396 e. The molecule has 25 heavy (non-hydrogen) atoms. The first-order valence-electron chi connectivity index (χ1n) is 7.94. The van der Waals surface area contributed by atoms with Gasteiger partial charge in [-0.3, -0.25) is 0 Å². The van der Waals surface area contributed by atoms with E-state index in [1.54, 1.807) is 0 Å². The third kappa shape index (κ3) is 4.03. The predicted molar refractivity (Wildman–Crippen MR) is 103 cm³/mol. The van der Waals surface area contributed by atoms with Gasteiger partial charge in [0.05, 0.1) is 20.6 Å². The average molecular weight is 400 g/mol. The molecule has 0 bridgehead atoms. The number of para-hydroxylation sites is 1. The Morgan fingerprint density at radius 3 is 2.40 bits per heavy atom. The molecule has 5 nitrogen and oxygen atoms in total. The Bertz CT molecular complexity index is 836. The molecule has 1 atom stereocenters. The zero-order valence-electron chi connectivity index (χ0n) is 13.5. The topological polar surface area (TPSA) is 75.4 Å². The van der Waals surface area contributed by atoms with Crippen molar-refractivity contribution < 1.29 is 8.42 Å². The fourth-order valence-electron chi connectivity index (χ4n) is 2.91.